The zero-order chi connectivity index (χ0) is 24.4. The molecule has 1 unspecified atom stereocenters. The zero-order valence-corrected chi connectivity index (χ0v) is 19.4. The summed E-state index contributed by atoms with van der Waals surface area (Å²) < 4.78 is 47.6. The molecule has 10 heteroatoms. The van der Waals surface area contributed by atoms with Gasteiger partial charge in [0.25, 0.3) is 0 Å². The van der Waals surface area contributed by atoms with E-state index in [2.05, 4.69) is 26.0 Å². The van der Waals surface area contributed by atoms with Gasteiger partial charge in [-0.1, -0.05) is 6.07 Å². The molecule has 0 amide bonds. The number of nitrogen functional groups attached to an aromatic ring is 1. The van der Waals surface area contributed by atoms with Gasteiger partial charge in [0.2, 0.25) is 5.88 Å². The number of hydrogen-bond donors (Lipinski definition) is 1. The number of hydrogen-bond acceptors (Lipinski definition) is 6. The van der Waals surface area contributed by atoms with Crippen LogP contribution in [0.3, 0.4) is 0 Å². The van der Waals surface area contributed by atoms with Crippen LogP contribution in [0.5, 0.6) is 5.88 Å². The van der Waals surface area contributed by atoms with E-state index < -0.39 is 17.6 Å². The standard InChI is InChI=1S/C25H27F3N6O/c1-35-23-17(3-2-8-30-23)21(15-4-5-15)33-9-6-24(14-33)7-10-34-20(24)12-19(32-34)16-11-18(25(26,27)28)22(29)31-13-16/h2-3,8,11-13,15,21H,4-7,9-10,14H2,1H3,(H2,29,31)/t21?,24-/m1/s1. The highest BCUT2D eigenvalue weighted by Crippen LogP contribution is 2.52. The van der Waals surface area contributed by atoms with E-state index in [-0.39, 0.29) is 11.5 Å². The van der Waals surface area contributed by atoms with Crippen molar-refractivity contribution in [2.45, 2.75) is 49.9 Å². The first-order valence-corrected chi connectivity index (χ1v) is 11.9. The molecule has 3 aromatic heterocycles. The van der Waals surface area contributed by atoms with Gasteiger partial charge in [0, 0.05) is 53.8 Å². The number of methoxy groups -OCH3 is 1. The van der Waals surface area contributed by atoms with Crippen LogP contribution < -0.4 is 10.5 Å². The second kappa shape index (κ2) is 7.94. The van der Waals surface area contributed by atoms with Crippen molar-refractivity contribution < 1.29 is 17.9 Å². The molecule has 7 nitrogen and oxygen atoms in total. The summed E-state index contributed by atoms with van der Waals surface area (Å²) in [5, 5.41) is 4.66. The van der Waals surface area contributed by atoms with Crippen molar-refractivity contribution >= 4 is 5.82 Å². The Bertz CT molecular complexity index is 1270. The fourth-order valence-electron chi connectivity index (χ4n) is 5.96. The fraction of sp³-hybridized carbons (Fsp3) is 0.480. The number of likely N-dealkylation sites (tertiary alicyclic amines) is 1. The Morgan fingerprint density at radius 1 is 1.17 bits per heavy atom. The Labute approximate surface area is 201 Å². The molecule has 1 saturated heterocycles. The number of halogens is 3. The first kappa shape index (κ1) is 22.3. The summed E-state index contributed by atoms with van der Waals surface area (Å²) in [5.41, 5.74) is 7.55. The maximum Gasteiger partial charge on any atom is 0.419 e. The highest BCUT2D eigenvalue weighted by Gasteiger charge is 2.50. The second-order valence-electron chi connectivity index (χ2n) is 9.93. The third-order valence-corrected chi connectivity index (χ3v) is 7.80. The average molecular weight is 485 g/mol. The van der Waals surface area contributed by atoms with Crippen molar-refractivity contribution in [1.82, 2.24) is 24.6 Å². The molecule has 2 atom stereocenters. The lowest BCUT2D eigenvalue weighted by molar-refractivity contribution is -0.137. The van der Waals surface area contributed by atoms with E-state index in [1.165, 1.54) is 19.0 Å². The van der Waals surface area contributed by atoms with Crippen molar-refractivity contribution in [2.75, 3.05) is 25.9 Å². The van der Waals surface area contributed by atoms with Crippen LogP contribution in [0.25, 0.3) is 11.3 Å². The largest absolute Gasteiger partial charge is 0.481 e. The molecule has 5 heterocycles. The summed E-state index contributed by atoms with van der Waals surface area (Å²) in [6.07, 6.45) is 2.91. The summed E-state index contributed by atoms with van der Waals surface area (Å²) in [7, 11) is 1.66. The molecular formula is C25H27F3N6O. The summed E-state index contributed by atoms with van der Waals surface area (Å²) in [6.45, 7) is 2.58. The summed E-state index contributed by atoms with van der Waals surface area (Å²) in [6, 6.07) is 7.33. The molecule has 6 rings (SSSR count). The molecule has 1 saturated carbocycles. The van der Waals surface area contributed by atoms with E-state index in [0.29, 0.717) is 23.1 Å². The Morgan fingerprint density at radius 2 is 1.97 bits per heavy atom. The van der Waals surface area contributed by atoms with Gasteiger partial charge < -0.3 is 10.5 Å². The molecule has 0 bridgehead atoms. The van der Waals surface area contributed by atoms with Crippen LogP contribution in [-0.2, 0) is 18.1 Å². The lowest BCUT2D eigenvalue weighted by Crippen LogP contribution is -2.33. The van der Waals surface area contributed by atoms with E-state index in [0.717, 1.165) is 49.8 Å². The van der Waals surface area contributed by atoms with Gasteiger partial charge in [0.15, 0.2) is 0 Å². The van der Waals surface area contributed by atoms with Gasteiger partial charge in [-0.3, -0.25) is 9.58 Å². The maximum atomic E-state index is 13.4. The Morgan fingerprint density at radius 3 is 2.71 bits per heavy atom. The third kappa shape index (κ3) is 3.74. The van der Waals surface area contributed by atoms with E-state index in [1.807, 2.05) is 16.8 Å². The first-order valence-electron chi connectivity index (χ1n) is 11.9. The smallest absolute Gasteiger partial charge is 0.419 e. The minimum absolute atomic E-state index is 0.0675. The molecule has 3 aliphatic rings. The number of nitrogens with zero attached hydrogens (tertiary/aromatic N) is 5. The maximum absolute atomic E-state index is 13.4. The highest BCUT2D eigenvalue weighted by atomic mass is 19.4. The summed E-state index contributed by atoms with van der Waals surface area (Å²) in [4.78, 5) is 10.8. The van der Waals surface area contributed by atoms with Crippen LogP contribution in [0.2, 0.25) is 0 Å². The molecule has 0 aromatic carbocycles. The third-order valence-electron chi connectivity index (χ3n) is 7.80. The highest BCUT2D eigenvalue weighted by molar-refractivity contribution is 5.63. The van der Waals surface area contributed by atoms with Crippen molar-refractivity contribution in [1.29, 1.82) is 0 Å². The number of rotatable bonds is 5. The zero-order valence-electron chi connectivity index (χ0n) is 19.4. The van der Waals surface area contributed by atoms with Crippen LogP contribution >= 0.6 is 0 Å². The van der Waals surface area contributed by atoms with Crippen LogP contribution in [0.4, 0.5) is 19.0 Å². The molecular weight excluding hydrogens is 457 g/mol. The lowest BCUT2D eigenvalue weighted by Gasteiger charge is -2.31. The molecule has 3 aromatic rings. The van der Waals surface area contributed by atoms with Crippen LogP contribution in [-0.4, -0.2) is 44.8 Å². The quantitative estimate of drug-likeness (QED) is 0.576. The normalized spacial score (nSPS) is 23.1. The van der Waals surface area contributed by atoms with Gasteiger partial charge in [0.1, 0.15) is 5.82 Å². The van der Waals surface area contributed by atoms with Gasteiger partial charge in [-0.15, -0.1) is 0 Å². The predicted octanol–water partition coefficient (Wildman–Crippen LogP) is 4.45. The van der Waals surface area contributed by atoms with E-state index in [9.17, 15) is 13.2 Å². The number of ether oxygens (including phenoxy) is 1. The summed E-state index contributed by atoms with van der Waals surface area (Å²) in [5.74, 6) is 0.750. The van der Waals surface area contributed by atoms with Gasteiger partial charge in [-0.25, -0.2) is 9.97 Å². The Kier molecular flexibility index (Phi) is 5.07. The van der Waals surface area contributed by atoms with E-state index in [1.54, 1.807) is 13.3 Å². The van der Waals surface area contributed by atoms with Gasteiger partial charge in [-0.2, -0.15) is 18.3 Å². The molecule has 1 aliphatic carbocycles. The fourth-order valence-corrected chi connectivity index (χ4v) is 5.96. The number of alkyl halides is 3. The van der Waals surface area contributed by atoms with Crippen LogP contribution in [0.15, 0.2) is 36.7 Å². The average Bonchev–Trinajstić information content (AvgIpc) is 3.28. The number of aromatic nitrogens is 4. The first-order chi connectivity index (χ1) is 16.8. The van der Waals surface area contributed by atoms with Gasteiger partial charge in [-0.05, 0) is 56.3 Å². The molecule has 1 spiro atoms. The number of pyridine rings is 2. The lowest BCUT2D eigenvalue weighted by atomic mass is 9.82. The van der Waals surface area contributed by atoms with E-state index >= 15 is 0 Å². The number of aryl methyl sites for hydroxylation is 1. The predicted molar refractivity (Wildman–Crippen MR) is 124 cm³/mol. The van der Waals surface area contributed by atoms with Crippen molar-refractivity contribution in [2.24, 2.45) is 5.92 Å². The number of fused-ring (bicyclic) bond motifs is 2. The molecule has 35 heavy (non-hydrogen) atoms. The molecule has 184 valence electrons. The monoisotopic (exact) mass is 484 g/mol. The van der Waals surface area contributed by atoms with E-state index in [4.69, 9.17) is 10.5 Å². The molecule has 0 radical (unpaired) electrons. The van der Waals surface area contributed by atoms with Gasteiger partial charge in [0.05, 0.1) is 18.4 Å². The van der Waals surface area contributed by atoms with Crippen molar-refractivity contribution in [3.63, 3.8) is 0 Å². The Hall–Kier alpha value is -3.14. The summed E-state index contributed by atoms with van der Waals surface area (Å²) >= 11 is 0. The number of nitrogens with two attached hydrogens (primary N) is 1. The van der Waals surface area contributed by atoms with Crippen LogP contribution in [0, 0.1) is 5.92 Å². The SMILES string of the molecule is COc1ncccc1C(C1CC1)N1CC[C@@]2(CCn3nc(-c4cnc(N)c(C(F)(F)F)c4)cc32)C1. The molecule has 2 N–H and O–H groups in total. The Balaban J connectivity index is 1.31. The molecule has 2 fully saturated rings. The van der Waals surface area contributed by atoms with Crippen molar-refractivity contribution in [3.05, 3.63) is 53.5 Å². The second-order valence-corrected chi connectivity index (χ2v) is 9.93. The minimum atomic E-state index is -4.56. The van der Waals surface area contributed by atoms with Crippen LogP contribution in [0.1, 0.15) is 48.5 Å². The number of anilines is 1. The topological polar surface area (TPSA) is 82.1 Å². The van der Waals surface area contributed by atoms with Gasteiger partial charge >= 0.3 is 6.18 Å². The minimum Gasteiger partial charge on any atom is -0.481 e. The molecule has 2 aliphatic heterocycles. The van der Waals surface area contributed by atoms with Crippen molar-refractivity contribution in [3.8, 4) is 17.1 Å².